The minimum atomic E-state index is -0.284. The first-order chi connectivity index (χ1) is 12.1. The second-order valence-corrected chi connectivity index (χ2v) is 6.84. The molecular weight excluding hydrogens is 316 g/mol. The molecule has 128 valence electrons. The Morgan fingerprint density at radius 2 is 1.84 bits per heavy atom. The predicted molar refractivity (Wildman–Crippen MR) is 93.9 cm³/mol. The first-order valence-electron chi connectivity index (χ1n) is 8.32. The van der Waals surface area contributed by atoms with Crippen molar-refractivity contribution in [3.05, 3.63) is 60.0 Å². The molecule has 0 radical (unpaired) electrons. The third kappa shape index (κ3) is 2.97. The van der Waals surface area contributed by atoms with Crippen LogP contribution >= 0.6 is 0 Å². The molecule has 1 atom stereocenters. The molecular formula is C20H20N2O3. The van der Waals surface area contributed by atoms with Gasteiger partial charge in [0.25, 0.3) is 0 Å². The van der Waals surface area contributed by atoms with Gasteiger partial charge in [0.15, 0.2) is 0 Å². The van der Waals surface area contributed by atoms with E-state index in [-0.39, 0.29) is 11.5 Å². The summed E-state index contributed by atoms with van der Waals surface area (Å²) in [5.74, 6) is 2.91. The number of hydrogen-bond donors (Lipinski definition) is 0. The number of aromatic nitrogens is 2. The predicted octanol–water partition coefficient (Wildman–Crippen LogP) is 4.44. The van der Waals surface area contributed by atoms with E-state index in [0.29, 0.717) is 11.7 Å². The van der Waals surface area contributed by atoms with Crippen molar-refractivity contribution in [2.24, 2.45) is 0 Å². The first kappa shape index (κ1) is 15.7. The van der Waals surface area contributed by atoms with Crippen molar-refractivity contribution in [1.29, 1.82) is 0 Å². The molecule has 1 aliphatic rings. The zero-order chi connectivity index (χ0) is 17.4. The first-order valence-corrected chi connectivity index (χ1v) is 8.32. The molecule has 0 N–H and O–H groups in total. The van der Waals surface area contributed by atoms with Gasteiger partial charge in [-0.05, 0) is 44.2 Å². The highest BCUT2D eigenvalue weighted by Gasteiger charge is 2.37. The number of nitrogens with zero attached hydrogens (tertiary/aromatic N) is 2. The molecule has 1 aromatic heterocycles. The number of ether oxygens (including phenoxy) is 2. The average molecular weight is 336 g/mol. The van der Waals surface area contributed by atoms with E-state index in [1.54, 1.807) is 7.11 Å². The zero-order valence-electron chi connectivity index (χ0n) is 14.5. The van der Waals surface area contributed by atoms with Gasteiger partial charge in [-0.15, -0.1) is 0 Å². The van der Waals surface area contributed by atoms with Gasteiger partial charge in [-0.3, -0.25) is 0 Å². The molecule has 5 heteroatoms. The largest absolute Gasteiger partial charge is 0.497 e. The summed E-state index contributed by atoms with van der Waals surface area (Å²) in [6.07, 6.45) is 0.786. The summed E-state index contributed by atoms with van der Waals surface area (Å²) in [6.45, 7) is 4.16. The van der Waals surface area contributed by atoms with Crippen molar-refractivity contribution in [2.45, 2.75) is 31.8 Å². The van der Waals surface area contributed by atoms with Crippen molar-refractivity contribution >= 4 is 0 Å². The maximum Gasteiger partial charge on any atom is 0.234 e. The molecule has 1 unspecified atom stereocenters. The standard InChI is InChI=1S/C20H20N2O3/c1-20(2)12-16(15-6-4-5-7-17(15)24-20)19-21-18(22-25-19)13-8-10-14(23-3)11-9-13/h4-11,16H,12H2,1-3H3. The quantitative estimate of drug-likeness (QED) is 0.708. The molecule has 4 rings (SSSR count). The number of hydrogen-bond acceptors (Lipinski definition) is 5. The number of rotatable bonds is 3. The van der Waals surface area contributed by atoms with Crippen LogP contribution in [0.5, 0.6) is 11.5 Å². The highest BCUT2D eigenvalue weighted by molar-refractivity contribution is 5.56. The third-order valence-electron chi connectivity index (χ3n) is 4.46. The van der Waals surface area contributed by atoms with Gasteiger partial charge in [0, 0.05) is 17.5 Å². The summed E-state index contributed by atoms with van der Waals surface area (Å²) in [5.41, 5.74) is 1.70. The lowest BCUT2D eigenvalue weighted by atomic mass is 9.84. The second-order valence-electron chi connectivity index (χ2n) is 6.84. The maximum absolute atomic E-state index is 6.08. The zero-order valence-corrected chi connectivity index (χ0v) is 14.5. The topological polar surface area (TPSA) is 57.4 Å². The summed E-state index contributed by atoms with van der Waals surface area (Å²) in [5, 5.41) is 4.17. The summed E-state index contributed by atoms with van der Waals surface area (Å²) in [7, 11) is 1.64. The van der Waals surface area contributed by atoms with Gasteiger partial charge in [-0.25, -0.2) is 0 Å². The van der Waals surface area contributed by atoms with Crippen molar-refractivity contribution in [2.75, 3.05) is 7.11 Å². The lowest BCUT2D eigenvalue weighted by Gasteiger charge is -2.36. The Kier molecular flexibility index (Phi) is 3.71. The second kappa shape index (κ2) is 5.92. The van der Waals surface area contributed by atoms with Crippen molar-refractivity contribution in [1.82, 2.24) is 10.1 Å². The lowest BCUT2D eigenvalue weighted by Crippen LogP contribution is -2.35. The smallest absolute Gasteiger partial charge is 0.234 e. The maximum atomic E-state index is 6.08. The van der Waals surface area contributed by atoms with Crippen LogP contribution in [0.2, 0.25) is 0 Å². The van der Waals surface area contributed by atoms with Gasteiger partial charge >= 0.3 is 0 Å². The Labute approximate surface area is 146 Å². The van der Waals surface area contributed by atoms with Gasteiger partial charge in [-0.2, -0.15) is 4.98 Å². The van der Waals surface area contributed by atoms with Gasteiger partial charge in [-0.1, -0.05) is 23.4 Å². The number of fused-ring (bicyclic) bond motifs is 1. The number of methoxy groups -OCH3 is 1. The number of para-hydroxylation sites is 1. The van der Waals surface area contributed by atoms with Gasteiger partial charge in [0.2, 0.25) is 11.7 Å². The van der Waals surface area contributed by atoms with Crippen LogP contribution in [0, 0.1) is 0 Å². The van der Waals surface area contributed by atoms with Crippen LogP contribution in [0.3, 0.4) is 0 Å². The van der Waals surface area contributed by atoms with E-state index in [2.05, 4.69) is 30.1 Å². The fourth-order valence-electron chi connectivity index (χ4n) is 3.26. The Balaban J connectivity index is 1.69. The molecule has 0 bridgehead atoms. The van der Waals surface area contributed by atoms with E-state index in [0.717, 1.165) is 29.0 Å². The van der Waals surface area contributed by atoms with Crippen molar-refractivity contribution < 1.29 is 14.0 Å². The summed E-state index contributed by atoms with van der Waals surface area (Å²) in [6, 6.07) is 15.7. The monoisotopic (exact) mass is 336 g/mol. The highest BCUT2D eigenvalue weighted by atomic mass is 16.5. The van der Waals surface area contributed by atoms with Crippen LogP contribution in [-0.4, -0.2) is 22.9 Å². The summed E-state index contributed by atoms with van der Waals surface area (Å²) in [4.78, 5) is 4.65. The molecule has 0 saturated carbocycles. The van der Waals surface area contributed by atoms with Crippen molar-refractivity contribution in [3.63, 3.8) is 0 Å². The molecule has 5 nitrogen and oxygen atoms in total. The molecule has 0 spiro atoms. The summed E-state index contributed by atoms with van der Waals surface area (Å²) >= 11 is 0. The summed E-state index contributed by atoms with van der Waals surface area (Å²) < 4.78 is 16.9. The Morgan fingerprint density at radius 3 is 2.60 bits per heavy atom. The molecule has 0 aliphatic carbocycles. The molecule has 0 amide bonds. The third-order valence-corrected chi connectivity index (χ3v) is 4.46. The molecule has 3 aromatic rings. The van der Waals surface area contributed by atoms with Gasteiger partial charge in [0.1, 0.15) is 17.1 Å². The van der Waals surface area contributed by atoms with E-state index in [1.807, 2.05) is 42.5 Å². The molecule has 1 aliphatic heterocycles. The van der Waals surface area contributed by atoms with E-state index in [4.69, 9.17) is 14.0 Å². The molecule has 0 fully saturated rings. The van der Waals surface area contributed by atoms with E-state index in [9.17, 15) is 0 Å². The van der Waals surface area contributed by atoms with Crippen LogP contribution in [0.25, 0.3) is 11.4 Å². The normalized spacial score (nSPS) is 18.3. The average Bonchev–Trinajstić information content (AvgIpc) is 3.10. The fourth-order valence-corrected chi connectivity index (χ4v) is 3.26. The molecule has 2 aromatic carbocycles. The van der Waals surface area contributed by atoms with Crippen LogP contribution in [0.15, 0.2) is 53.1 Å². The van der Waals surface area contributed by atoms with Crippen LogP contribution in [-0.2, 0) is 0 Å². The van der Waals surface area contributed by atoms with Gasteiger partial charge in [0.05, 0.1) is 13.0 Å². The molecule has 0 saturated heterocycles. The molecule has 2 heterocycles. The van der Waals surface area contributed by atoms with E-state index >= 15 is 0 Å². The number of benzene rings is 2. The molecule has 25 heavy (non-hydrogen) atoms. The van der Waals surface area contributed by atoms with E-state index < -0.39 is 0 Å². The SMILES string of the molecule is COc1ccc(-c2noc(C3CC(C)(C)Oc4ccccc43)n2)cc1. The minimum Gasteiger partial charge on any atom is -0.497 e. The van der Waals surface area contributed by atoms with E-state index in [1.165, 1.54) is 0 Å². The van der Waals surface area contributed by atoms with Crippen LogP contribution in [0.1, 0.15) is 37.6 Å². The Hall–Kier alpha value is -2.82. The fraction of sp³-hybridized carbons (Fsp3) is 0.300. The minimum absolute atomic E-state index is 0.0273. The van der Waals surface area contributed by atoms with Crippen molar-refractivity contribution in [3.8, 4) is 22.9 Å². The Morgan fingerprint density at radius 1 is 1.08 bits per heavy atom. The highest BCUT2D eigenvalue weighted by Crippen LogP contribution is 2.43. The lowest BCUT2D eigenvalue weighted by molar-refractivity contribution is 0.0725. The van der Waals surface area contributed by atoms with Crippen LogP contribution < -0.4 is 9.47 Å². The van der Waals surface area contributed by atoms with Crippen LogP contribution in [0.4, 0.5) is 0 Å². The Bertz CT molecular complexity index is 884. The van der Waals surface area contributed by atoms with Gasteiger partial charge < -0.3 is 14.0 Å².